The van der Waals surface area contributed by atoms with E-state index in [1.807, 2.05) is 0 Å². The highest BCUT2D eigenvalue weighted by Crippen LogP contribution is 2.27. The lowest BCUT2D eigenvalue weighted by molar-refractivity contribution is 0.00877. The van der Waals surface area contributed by atoms with E-state index in [2.05, 4.69) is 20.8 Å². The largest absolute Gasteiger partial charge is 0.390 e. The van der Waals surface area contributed by atoms with Crippen LogP contribution in [0.25, 0.3) is 0 Å². The van der Waals surface area contributed by atoms with E-state index in [9.17, 15) is 5.11 Å². The van der Waals surface area contributed by atoms with Gasteiger partial charge >= 0.3 is 0 Å². The molecule has 0 spiro atoms. The van der Waals surface area contributed by atoms with Crippen LogP contribution in [0.4, 0.5) is 0 Å². The summed E-state index contributed by atoms with van der Waals surface area (Å²) in [5.74, 6) is 0. The van der Waals surface area contributed by atoms with E-state index in [-0.39, 0.29) is 5.60 Å². The molecule has 0 heterocycles. The molecule has 0 aliphatic heterocycles. The number of hydrogen-bond acceptors (Lipinski definition) is 1. The van der Waals surface area contributed by atoms with Crippen molar-refractivity contribution in [2.75, 3.05) is 0 Å². The maximum atomic E-state index is 10.9. The Morgan fingerprint density at radius 3 is 1.18 bits per heavy atom. The van der Waals surface area contributed by atoms with Crippen LogP contribution in [-0.4, -0.2) is 10.7 Å². The molecule has 0 aromatic rings. The third-order valence-electron chi connectivity index (χ3n) is 4.96. The molecule has 1 atom stereocenters. The fourth-order valence-electron chi connectivity index (χ4n) is 3.49. The van der Waals surface area contributed by atoms with E-state index in [0.29, 0.717) is 0 Å². The lowest BCUT2D eigenvalue weighted by Gasteiger charge is -2.28. The van der Waals surface area contributed by atoms with Crippen molar-refractivity contribution in [2.45, 2.75) is 136 Å². The Kier molecular flexibility index (Phi) is 15.8. The van der Waals surface area contributed by atoms with Crippen LogP contribution in [0.5, 0.6) is 0 Å². The average Bonchev–Trinajstić information content (AvgIpc) is 2.50. The topological polar surface area (TPSA) is 20.2 Å². The van der Waals surface area contributed by atoms with Gasteiger partial charge in [0.2, 0.25) is 0 Å². The van der Waals surface area contributed by atoms with Gasteiger partial charge in [0.25, 0.3) is 0 Å². The number of hydrogen-bond donors (Lipinski definition) is 1. The summed E-state index contributed by atoms with van der Waals surface area (Å²) in [5.41, 5.74) is -0.358. The van der Waals surface area contributed by atoms with Crippen molar-refractivity contribution in [1.82, 2.24) is 0 Å². The van der Waals surface area contributed by atoms with Gasteiger partial charge in [0.15, 0.2) is 0 Å². The number of rotatable bonds is 17. The first kappa shape index (κ1) is 22.0. The Balaban J connectivity index is 3.71. The molecule has 1 unspecified atom stereocenters. The predicted octanol–water partition coefficient (Wildman–Crippen LogP) is 7.41. The van der Waals surface area contributed by atoms with Crippen molar-refractivity contribution in [3.63, 3.8) is 0 Å². The van der Waals surface area contributed by atoms with Crippen molar-refractivity contribution < 1.29 is 5.11 Å². The standard InChI is InChI=1S/C21H44O/c1-4-7-9-11-13-15-17-20-21(22,18-6-3)19-16-14-12-10-8-5-2/h22H,4-20H2,1-3H3. The normalized spacial score (nSPS) is 14.2. The molecule has 0 amide bonds. The van der Waals surface area contributed by atoms with Crippen molar-refractivity contribution in [1.29, 1.82) is 0 Å². The van der Waals surface area contributed by atoms with Crippen LogP contribution in [0, 0.1) is 0 Å². The van der Waals surface area contributed by atoms with Crippen LogP contribution in [0.3, 0.4) is 0 Å². The maximum absolute atomic E-state index is 10.9. The fourth-order valence-corrected chi connectivity index (χ4v) is 3.49. The summed E-state index contributed by atoms with van der Waals surface area (Å²) in [5, 5.41) is 10.9. The van der Waals surface area contributed by atoms with Crippen molar-refractivity contribution >= 4 is 0 Å². The Bertz CT molecular complexity index is 214. The first-order chi connectivity index (χ1) is 10.7. The van der Waals surface area contributed by atoms with E-state index in [1.165, 1.54) is 83.5 Å². The third-order valence-corrected chi connectivity index (χ3v) is 4.96. The summed E-state index contributed by atoms with van der Waals surface area (Å²) in [6.45, 7) is 6.74. The number of unbranched alkanes of at least 4 members (excludes halogenated alkanes) is 11. The minimum atomic E-state index is -0.358. The zero-order valence-electron chi connectivity index (χ0n) is 16.0. The summed E-state index contributed by atoms with van der Waals surface area (Å²) in [7, 11) is 0. The molecule has 0 bridgehead atoms. The molecule has 0 saturated heterocycles. The molecule has 0 aliphatic carbocycles. The number of aliphatic hydroxyl groups is 1. The molecular formula is C21H44O. The van der Waals surface area contributed by atoms with Gasteiger partial charge in [0, 0.05) is 0 Å². The Morgan fingerprint density at radius 2 is 0.818 bits per heavy atom. The first-order valence-corrected chi connectivity index (χ1v) is 10.4. The second kappa shape index (κ2) is 15.8. The second-order valence-corrected chi connectivity index (χ2v) is 7.36. The smallest absolute Gasteiger partial charge is 0.0647 e. The molecule has 134 valence electrons. The summed E-state index contributed by atoms with van der Waals surface area (Å²) in [6, 6.07) is 0. The van der Waals surface area contributed by atoms with E-state index in [4.69, 9.17) is 0 Å². The van der Waals surface area contributed by atoms with Crippen molar-refractivity contribution in [3.8, 4) is 0 Å². The molecule has 1 heteroatoms. The molecule has 0 radical (unpaired) electrons. The van der Waals surface area contributed by atoms with E-state index in [0.717, 1.165) is 25.7 Å². The second-order valence-electron chi connectivity index (χ2n) is 7.36. The van der Waals surface area contributed by atoms with E-state index in [1.54, 1.807) is 0 Å². The van der Waals surface area contributed by atoms with E-state index >= 15 is 0 Å². The molecule has 0 aromatic heterocycles. The van der Waals surface area contributed by atoms with Crippen LogP contribution in [0.1, 0.15) is 130 Å². The van der Waals surface area contributed by atoms with Gasteiger partial charge in [-0.15, -0.1) is 0 Å². The van der Waals surface area contributed by atoms with Gasteiger partial charge in [0.1, 0.15) is 0 Å². The minimum Gasteiger partial charge on any atom is -0.390 e. The lowest BCUT2D eigenvalue weighted by atomic mass is 9.86. The van der Waals surface area contributed by atoms with Crippen LogP contribution in [-0.2, 0) is 0 Å². The quantitative estimate of drug-likeness (QED) is 0.277. The van der Waals surface area contributed by atoms with Crippen LogP contribution < -0.4 is 0 Å². The van der Waals surface area contributed by atoms with Gasteiger partial charge in [0.05, 0.1) is 5.60 Å². The molecule has 0 fully saturated rings. The first-order valence-electron chi connectivity index (χ1n) is 10.4. The van der Waals surface area contributed by atoms with Gasteiger partial charge in [-0.05, 0) is 19.3 Å². The molecule has 1 N–H and O–H groups in total. The van der Waals surface area contributed by atoms with Gasteiger partial charge < -0.3 is 5.11 Å². The molecule has 1 nitrogen and oxygen atoms in total. The average molecular weight is 313 g/mol. The molecule has 0 aliphatic rings. The zero-order chi connectivity index (χ0) is 16.5. The Hall–Kier alpha value is -0.0400. The molecule has 0 rings (SSSR count). The molecule has 22 heavy (non-hydrogen) atoms. The van der Waals surface area contributed by atoms with Crippen LogP contribution in [0.15, 0.2) is 0 Å². The highest BCUT2D eigenvalue weighted by Gasteiger charge is 2.24. The fraction of sp³-hybridized carbons (Fsp3) is 1.00. The summed E-state index contributed by atoms with van der Waals surface area (Å²) in [6.07, 6.45) is 21.5. The molecule has 0 aromatic carbocycles. The maximum Gasteiger partial charge on any atom is 0.0647 e. The Morgan fingerprint density at radius 1 is 0.455 bits per heavy atom. The molecular weight excluding hydrogens is 268 g/mol. The SMILES string of the molecule is CCCCCCCCCC(O)(CCC)CCCCCCCC. The van der Waals surface area contributed by atoms with E-state index < -0.39 is 0 Å². The highest BCUT2D eigenvalue weighted by atomic mass is 16.3. The Labute approximate surface area is 141 Å². The van der Waals surface area contributed by atoms with Gasteiger partial charge in [-0.1, -0.05) is 111 Å². The van der Waals surface area contributed by atoms with Gasteiger partial charge in [-0.25, -0.2) is 0 Å². The lowest BCUT2D eigenvalue weighted by Crippen LogP contribution is -2.28. The molecule has 0 saturated carbocycles. The summed E-state index contributed by atoms with van der Waals surface area (Å²) < 4.78 is 0. The highest BCUT2D eigenvalue weighted by molar-refractivity contribution is 4.78. The third kappa shape index (κ3) is 13.6. The zero-order valence-corrected chi connectivity index (χ0v) is 16.0. The predicted molar refractivity (Wildman–Crippen MR) is 100 cm³/mol. The monoisotopic (exact) mass is 312 g/mol. The van der Waals surface area contributed by atoms with Crippen molar-refractivity contribution in [3.05, 3.63) is 0 Å². The summed E-state index contributed by atoms with van der Waals surface area (Å²) in [4.78, 5) is 0. The minimum absolute atomic E-state index is 0.358. The van der Waals surface area contributed by atoms with Crippen LogP contribution in [0.2, 0.25) is 0 Å². The van der Waals surface area contributed by atoms with Gasteiger partial charge in [-0.3, -0.25) is 0 Å². The van der Waals surface area contributed by atoms with Crippen LogP contribution >= 0.6 is 0 Å². The summed E-state index contributed by atoms with van der Waals surface area (Å²) >= 11 is 0. The van der Waals surface area contributed by atoms with Gasteiger partial charge in [-0.2, -0.15) is 0 Å². The van der Waals surface area contributed by atoms with Crippen molar-refractivity contribution in [2.24, 2.45) is 0 Å².